The van der Waals surface area contributed by atoms with Gasteiger partial charge in [0.05, 0.1) is 5.69 Å². The minimum Gasteiger partial charge on any atom is -0.384 e. The molecule has 2 aliphatic carbocycles. The number of nitrogens with zero attached hydrogens (tertiary/aromatic N) is 2. The van der Waals surface area contributed by atoms with Gasteiger partial charge in [0.15, 0.2) is 0 Å². The molecule has 2 N–H and O–H groups in total. The first-order valence-electron chi connectivity index (χ1n) is 6.02. The van der Waals surface area contributed by atoms with Crippen LogP contribution in [0, 0.1) is 11.8 Å². The Bertz CT molecular complexity index is 384. The molecule has 2 saturated carbocycles. The summed E-state index contributed by atoms with van der Waals surface area (Å²) in [6, 6.07) is 0. The number of rotatable bonds is 2. The SMILES string of the molecule is CCc1c(C2C[C@@H]3C[C@@H]3C2)nn(C)c1N. The summed E-state index contributed by atoms with van der Waals surface area (Å²) in [5, 5.41) is 4.61. The summed E-state index contributed by atoms with van der Waals surface area (Å²) in [7, 11) is 1.95. The van der Waals surface area contributed by atoms with E-state index in [0.717, 1.165) is 24.1 Å². The van der Waals surface area contributed by atoms with Crippen LogP contribution in [0.5, 0.6) is 0 Å². The maximum atomic E-state index is 6.03. The Balaban J connectivity index is 1.93. The lowest BCUT2D eigenvalue weighted by Crippen LogP contribution is -2.01. The Morgan fingerprint density at radius 1 is 1.33 bits per heavy atom. The summed E-state index contributed by atoms with van der Waals surface area (Å²) < 4.78 is 1.85. The predicted octanol–water partition coefficient (Wildman–Crippen LogP) is 2.08. The topological polar surface area (TPSA) is 43.8 Å². The Hall–Kier alpha value is -0.990. The van der Waals surface area contributed by atoms with Gasteiger partial charge in [-0.15, -0.1) is 0 Å². The number of aromatic nitrogens is 2. The van der Waals surface area contributed by atoms with Crippen molar-refractivity contribution in [3.63, 3.8) is 0 Å². The first kappa shape index (κ1) is 9.25. The summed E-state index contributed by atoms with van der Waals surface area (Å²) in [6.07, 6.45) is 5.20. The highest BCUT2D eigenvalue weighted by Crippen LogP contribution is 2.57. The number of nitrogen functional groups attached to an aromatic ring is 1. The molecule has 0 aromatic carbocycles. The summed E-state index contributed by atoms with van der Waals surface area (Å²) in [5.41, 5.74) is 8.62. The van der Waals surface area contributed by atoms with Gasteiger partial charge < -0.3 is 5.73 Å². The van der Waals surface area contributed by atoms with Gasteiger partial charge in [-0.2, -0.15) is 5.10 Å². The van der Waals surface area contributed by atoms with Crippen molar-refractivity contribution in [1.29, 1.82) is 0 Å². The molecule has 3 rings (SSSR count). The van der Waals surface area contributed by atoms with Crippen molar-refractivity contribution < 1.29 is 0 Å². The van der Waals surface area contributed by atoms with E-state index >= 15 is 0 Å². The molecule has 1 unspecified atom stereocenters. The molecule has 0 radical (unpaired) electrons. The van der Waals surface area contributed by atoms with Crippen molar-refractivity contribution in [2.75, 3.05) is 5.73 Å². The largest absolute Gasteiger partial charge is 0.384 e. The fourth-order valence-electron chi connectivity index (χ4n) is 3.23. The summed E-state index contributed by atoms with van der Waals surface area (Å²) in [6.45, 7) is 2.17. The number of hydrogen-bond donors (Lipinski definition) is 1. The van der Waals surface area contributed by atoms with Crippen molar-refractivity contribution in [2.24, 2.45) is 18.9 Å². The Morgan fingerprint density at radius 2 is 2.00 bits per heavy atom. The molecule has 0 aliphatic heterocycles. The third kappa shape index (κ3) is 1.29. The van der Waals surface area contributed by atoms with Crippen LogP contribution in [0.4, 0.5) is 5.82 Å². The lowest BCUT2D eigenvalue weighted by atomic mass is 9.95. The molecule has 1 aromatic rings. The molecule has 2 aliphatic rings. The fraction of sp³-hybridized carbons (Fsp3) is 0.750. The average Bonchev–Trinajstić information content (AvgIpc) is 2.72. The normalized spacial score (nSPS) is 33.1. The number of hydrogen-bond acceptors (Lipinski definition) is 2. The van der Waals surface area contributed by atoms with Crippen molar-refractivity contribution in [3.05, 3.63) is 11.3 Å². The molecule has 3 atom stereocenters. The molecular weight excluding hydrogens is 186 g/mol. The highest BCUT2D eigenvalue weighted by molar-refractivity contribution is 5.45. The minimum absolute atomic E-state index is 0.701. The zero-order valence-electron chi connectivity index (χ0n) is 9.53. The molecule has 0 spiro atoms. The van der Waals surface area contributed by atoms with Gasteiger partial charge in [0.25, 0.3) is 0 Å². The quantitative estimate of drug-likeness (QED) is 0.803. The summed E-state index contributed by atoms with van der Waals surface area (Å²) in [5.74, 6) is 3.60. The van der Waals surface area contributed by atoms with Crippen LogP contribution >= 0.6 is 0 Å². The van der Waals surface area contributed by atoms with E-state index in [2.05, 4.69) is 12.0 Å². The average molecular weight is 205 g/mol. The molecular formula is C12H19N3. The molecule has 1 heterocycles. The second-order valence-electron chi connectivity index (χ2n) is 5.15. The van der Waals surface area contributed by atoms with Crippen LogP contribution in [-0.4, -0.2) is 9.78 Å². The lowest BCUT2D eigenvalue weighted by molar-refractivity contribution is 0.589. The lowest BCUT2D eigenvalue weighted by Gasteiger charge is -2.10. The Kier molecular flexibility index (Phi) is 1.85. The number of aryl methyl sites for hydroxylation is 1. The molecule has 82 valence electrons. The van der Waals surface area contributed by atoms with Crippen molar-refractivity contribution >= 4 is 5.82 Å². The van der Waals surface area contributed by atoms with E-state index in [1.165, 1.54) is 30.5 Å². The van der Waals surface area contributed by atoms with Crippen molar-refractivity contribution in [3.8, 4) is 0 Å². The zero-order chi connectivity index (χ0) is 10.6. The van der Waals surface area contributed by atoms with Gasteiger partial charge in [-0.1, -0.05) is 6.92 Å². The van der Waals surface area contributed by atoms with Crippen LogP contribution in [0.2, 0.25) is 0 Å². The maximum absolute atomic E-state index is 6.03. The molecule has 0 bridgehead atoms. The van der Waals surface area contributed by atoms with Crippen LogP contribution < -0.4 is 5.73 Å². The molecule has 0 saturated heterocycles. The smallest absolute Gasteiger partial charge is 0.124 e. The monoisotopic (exact) mass is 205 g/mol. The van der Waals surface area contributed by atoms with E-state index in [1.54, 1.807) is 0 Å². The molecule has 3 nitrogen and oxygen atoms in total. The van der Waals surface area contributed by atoms with Crippen LogP contribution in [0.3, 0.4) is 0 Å². The third-order valence-electron chi connectivity index (χ3n) is 4.21. The van der Waals surface area contributed by atoms with Crippen LogP contribution in [0.1, 0.15) is 43.4 Å². The Labute approximate surface area is 90.7 Å². The standard InChI is InChI=1S/C12H19N3/c1-3-10-11(14-15(2)12(10)13)9-5-7-4-8(7)6-9/h7-9H,3-6,13H2,1-2H3/t7-,8+,9?. The van der Waals surface area contributed by atoms with E-state index in [-0.39, 0.29) is 0 Å². The molecule has 15 heavy (non-hydrogen) atoms. The van der Waals surface area contributed by atoms with Gasteiger partial charge in [0.2, 0.25) is 0 Å². The highest BCUT2D eigenvalue weighted by atomic mass is 15.3. The first-order chi connectivity index (χ1) is 7.20. The number of fused-ring (bicyclic) bond motifs is 1. The van der Waals surface area contributed by atoms with Gasteiger partial charge >= 0.3 is 0 Å². The molecule has 1 aromatic heterocycles. The van der Waals surface area contributed by atoms with E-state index in [1.807, 2.05) is 11.7 Å². The van der Waals surface area contributed by atoms with Gasteiger partial charge in [0, 0.05) is 18.5 Å². The third-order valence-corrected chi connectivity index (χ3v) is 4.21. The molecule has 0 amide bonds. The van der Waals surface area contributed by atoms with Crippen molar-refractivity contribution in [1.82, 2.24) is 9.78 Å². The van der Waals surface area contributed by atoms with E-state index < -0.39 is 0 Å². The minimum atomic E-state index is 0.701. The van der Waals surface area contributed by atoms with Crippen LogP contribution in [0.15, 0.2) is 0 Å². The fourth-order valence-corrected chi connectivity index (χ4v) is 3.23. The summed E-state index contributed by atoms with van der Waals surface area (Å²) in [4.78, 5) is 0. The number of anilines is 1. The number of nitrogens with two attached hydrogens (primary N) is 1. The van der Waals surface area contributed by atoms with E-state index in [4.69, 9.17) is 5.73 Å². The van der Waals surface area contributed by atoms with Gasteiger partial charge in [0.1, 0.15) is 5.82 Å². The highest BCUT2D eigenvalue weighted by Gasteiger charge is 2.47. The zero-order valence-corrected chi connectivity index (χ0v) is 9.53. The predicted molar refractivity (Wildman–Crippen MR) is 60.6 cm³/mol. The maximum Gasteiger partial charge on any atom is 0.124 e. The van der Waals surface area contributed by atoms with E-state index in [0.29, 0.717) is 5.92 Å². The summed E-state index contributed by atoms with van der Waals surface area (Å²) >= 11 is 0. The Morgan fingerprint density at radius 3 is 2.60 bits per heavy atom. The van der Waals surface area contributed by atoms with Gasteiger partial charge in [-0.3, -0.25) is 4.68 Å². The van der Waals surface area contributed by atoms with Crippen LogP contribution in [-0.2, 0) is 13.5 Å². The second-order valence-corrected chi connectivity index (χ2v) is 5.15. The van der Waals surface area contributed by atoms with Crippen molar-refractivity contribution in [2.45, 2.75) is 38.5 Å². The molecule has 2 fully saturated rings. The second kappa shape index (κ2) is 3.00. The molecule has 3 heteroatoms. The van der Waals surface area contributed by atoms with Gasteiger partial charge in [-0.05, 0) is 37.5 Å². The van der Waals surface area contributed by atoms with Crippen LogP contribution in [0.25, 0.3) is 0 Å². The first-order valence-corrected chi connectivity index (χ1v) is 6.02. The van der Waals surface area contributed by atoms with E-state index in [9.17, 15) is 0 Å². The van der Waals surface area contributed by atoms with Gasteiger partial charge in [-0.25, -0.2) is 0 Å².